The quantitative estimate of drug-likeness (QED) is 0.359. The molecule has 9 heteroatoms. The highest BCUT2D eigenvalue weighted by Gasteiger charge is 2.11. The van der Waals surface area contributed by atoms with E-state index in [1.165, 1.54) is 24.4 Å². The van der Waals surface area contributed by atoms with Crippen molar-refractivity contribution in [3.63, 3.8) is 0 Å². The number of hydrogen-bond donors (Lipinski definition) is 2. The lowest BCUT2D eigenvalue weighted by molar-refractivity contribution is -0.384. The lowest BCUT2D eigenvalue weighted by atomic mass is 10.2. The second-order valence-corrected chi connectivity index (χ2v) is 5.10. The maximum Gasteiger partial charge on any atom is 0.270 e. The lowest BCUT2D eigenvalue weighted by Gasteiger charge is -2.09. The Hall–Kier alpha value is -3.13. The number of ether oxygens (including phenoxy) is 1. The van der Waals surface area contributed by atoms with Crippen LogP contribution in [0.5, 0.6) is 5.75 Å². The molecule has 124 valence electrons. The molecule has 4 N–H and O–H groups in total. The first kappa shape index (κ1) is 17.2. The molecule has 0 fully saturated rings. The van der Waals surface area contributed by atoms with Gasteiger partial charge < -0.3 is 16.2 Å². The largest absolute Gasteiger partial charge is 0.488 e. The van der Waals surface area contributed by atoms with Gasteiger partial charge in [-0.2, -0.15) is 5.10 Å². The number of nitrogens with zero attached hydrogens (tertiary/aromatic N) is 3. The van der Waals surface area contributed by atoms with E-state index in [1.807, 2.05) is 12.1 Å². The van der Waals surface area contributed by atoms with Crippen LogP contribution >= 0.6 is 11.6 Å². The molecule has 2 aromatic carbocycles. The second-order valence-electron chi connectivity index (χ2n) is 4.66. The summed E-state index contributed by atoms with van der Waals surface area (Å²) in [5.41, 5.74) is 11.5. The Balaban J connectivity index is 2.23. The summed E-state index contributed by atoms with van der Waals surface area (Å²) in [6.07, 6.45) is 1.28. The maximum absolute atomic E-state index is 10.9. The summed E-state index contributed by atoms with van der Waals surface area (Å²) in [4.78, 5) is 10.4. The molecule has 0 aliphatic carbocycles. The molecule has 0 saturated heterocycles. The van der Waals surface area contributed by atoms with Gasteiger partial charge in [-0.05, 0) is 23.8 Å². The van der Waals surface area contributed by atoms with Crippen molar-refractivity contribution in [2.45, 2.75) is 6.61 Å². The molecule has 2 rings (SSSR count). The highest BCUT2D eigenvalue weighted by Crippen LogP contribution is 2.24. The molecule has 0 atom stereocenters. The van der Waals surface area contributed by atoms with E-state index in [0.29, 0.717) is 16.3 Å². The standard InChI is InChI=1S/C15H14ClN5O3/c16-12-3-1-10(2-4-12)9-24-14-6-5-13(21(22)23)7-11(14)8-19-20-15(17)18/h1-8H,9H2,(H4,17,18,20)/b19-8+. The van der Waals surface area contributed by atoms with E-state index in [4.69, 9.17) is 27.8 Å². The normalized spacial score (nSPS) is 10.5. The third-order valence-corrected chi connectivity index (χ3v) is 3.13. The summed E-state index contributed by atoms with van der Waals surface area (Å²) in [5, 5.41) is 18.6. The number of hydrogen-bond acceptors (Lipinski definition) is 5. The van der Waals surface area contributed by atoms with Crippen molar-refractivity contribution in [2.24, 2.45) is 21.7 Å². The average molecular weight is 348 g/mol. The molecule has 0 unspecified atom stereocenters. The predicted octanol–water partition coefficient (Wildman–Crippen LogP) is 2.43. The molecule has 8 nitrogen and oxygen atoms in total. The zero-order valence-corrected chi connectivity index (χ0v) is 13.2. The van der Waals surface area contributed by atoms with Crippen LogP contribution in [0.4, 0.5) is 5.69 Å². The maximum atomic E-state index is 10.9. The van der Waals surface area contributed by atoms with Gasteiger partial charge in [-0.1, -0.05) is 23.7 Å². The Morgan fingerprint density at radius 1 is 1.25 bits per heavy atom. The van der Waals surface area contributed by atoms with Gasteiger partial charge in [0.1, 0.15) is 12.4 Å². The Bertz CT molecular complexity index is 786. The van der Waals surface area contributed by atoms with Crippen molar-refractivity contribution < 1.29 is 9.66 Å². The van der Waals surface area contributed by atoms with Crippen LogP contribution in [0.2, 0.25) is 5.02 Å². The van der Waals surface area contributed by atoms with Crippen LogP contribution in [-0.4, -0.2) is 17.1 Å². The number of nitro groups is 1. The fourth-order valence-corrected chi connectivity index (χ4v) is 1.91. The molecule has 0 bridgehead atoms. The highest BCUT2D eigenvalue weighted by molar-refractivity contribution is 6.30. The van der Waals surface area contributed by atoms with Crippen LogP contribution in [-0.2, 0) is 6.61 Å². The van der Waals surface area contributed by atoms with Crippen molar-refractivity contribution in [1.29, 1.82) is 0 Å². The first-order valence-electron chi connectivity index (χ1n) is 6.73. The summed E-state index contributed by atoms with van der Waals surface area (Å²) in [5.74, 6) is 0.186. The van der Waals surface area contributed by atoms with Crippen LogP contribution in [0.3, 0.4) is 0 Å². The molecule has 24 heavy (non-hydrogen) atoms. The van der Waals surface area contributed by atoms with E-state index in [0.717, 1.165) is 5.56 Å². The number of nitrogens with two attached hydrogens (primary N) is 2. The fraction of sp³-hybridized carbons (Fsp3) is 0.0667. The topological polar surface area (TPSA) is 129 Å². The Morgan fingerprint density at radius 2 is 1.96 bits per heavy atom. The molecule has 0 aliphatic heterocycles. The summed E-state index contributed by atoms with van der Waals surface area (Å²) < 4.78 is 5.69. The molecular weight excluding hydrogens is 334 g/mol. The van der Waals surface area contributed by atoms with Crippen LogP contribution in [0, 0.1) is 10.1 Å². The number of halogens is 1. The van der Waals surface area contributed by atoms with Crippen LogP contribution in [0.25, 0.3) is 0 Å². The molecule has 2 aromatic rings. The minimum absolute atomic E-state index is 0.0972. The third-order valence-electron chi connectivity index (χ3n) is 2.88. The van der Waals surface area contributed by atoms with E-state index < -0.39 is 4.92 Å². The molecule has 0 aliphatic rings. The van der Waals surface area contributed by atoms with Gasteiger partial charge in [0, 0.05) is 22.7 Å². The van der Waals surface area contributed by atoms with Gasteiger partial charge in [0.2, 0.25) is 5.96 Å². The smallest absolute Gasteiger partial charge is 0.270 e. The number of guanidine groups is 1. The molecule has 0 saturated carbocycles. The van der Waals surface area contributed by atoms with Gasteiger partial charge in [-0.3, -0.25) is 10.1 Å². The van der Waals surface area contributed by atoms with E-state index in [2.05, 4.69) is 10.2 Å². The van der Waals surface area contributed by atoms with Crippen LogP contribution in [0.15, 0.2) is 52.7 Å². The van der Waals surface area contributed by atoms with E-state index in [-0.39, 0.29) is 18.3 Å². The first-order chi connectivity index (χ1) is 11.5. The van der Waals surface area contributed by atoms with Crippen molar-refractivity contribution in [3.05, 3.63) is 68.7 Å². The lowest BCUT2D eigenvalue weighted by Crippen LogP contribution is -2.21. The van der Waals surface area contributed by atoms with Crippen molar-refractivity contribution in [1.82, 2.24) is 0 Å². The zero-order valence-electron chi connectivity index (χ0n) is 12.4. The summed E-state index contributed by atoms with van der Waals surface area (Å²) >= 11 is 5.83. The van der Waals surface area contributed by atoms with Gasteiger partial charge in [0.25, 0.3) is 5.69 Å². The Labute approximate surface area is 142 Å². The summed E-state index contributed by atoms with van der Waals surface area (Å²) in [6.45, 7) is 0.262. The molecule has 0 amide bonds. The monoisotopic (exact) mass is 347 g/mol. The van der Waals surface area contributed by atoms with Gasteiger partial charge in [-0.25, -0.2) is 0 Å². The molecule has 0 heterocycles. The predicted molar refractivity (Wildman–Crippen MR) is 92.3 cm³/mol. The fourth-order valence-electron chi connectivity index (χ4n) is 1.78. The summed E-state index contributed by atoms with van der Waals surface area (Å²) in [7, 11) is 0. The summed E-state index contributed by atoms with van der Waals surface area (Å²) in [6, 6.07) is 11.3. The molecule has 0 aromatic heterocycles. The average Bonchev–Trinajstić information content (AvgIpc) is 2.54. The van der Waals surface area contributed by atoms with Gasteiger partial charge in [0.05, 0.1) is 11.1 Å². The Kier molecular flexibility index (Phi) is 5.69. The molecule has 0 spiro atoms. The first-order valence-corrected chi connectivity index (χ1v) is 7.11. The van der Waals surface area contributed by atoms with E-state index in [1.54, 1.807) is 12.1 Å². The Morgan fingerprint density at radius 3 is 2.58 bits per heavy atom. The number of rotatable bonds is 6. The number of benzene rings is 2. The molecule has 0 radical (unpaired) electrons. The van der Waals surface area contributed by atoms with E-state index >= 15 is 0 Å². The minimum Gasteiger partial charge on any atom is -0.488 e. The van der Waals surface area contributed by atoms with E-state index in [9.17, 15) is 10.1 Å². The number of nitro benzene ring substituents is 1. The molecular formula is C15H14ClN5O3. The van der Waals surface area contributed by atoms with Gasteiger partial charge in [-0.15, -0.1) is 5.10 Å². The minimum atomic E-state index is -0.513. The van der Waals surface area contributed by atoms with Gasteiger partial charge >= 0.3 is 0 Å². The van der Waals surface area contributed by atoms with Crippen LogP contribution in [0.1, 0.15) is 11.1 Å². The van der Waals surface area contributed by atoms with Crippen molar-refractivity contribution in [2.75, 3.05) is 0 Å². The highest BCUT2D eigenvalue weighted by atomic mass is 35.5. The number of non-ortho nitro benzene ring substituents is 1. The second kappa shape index (κ2) is 7.93. The SMILES string of the molecule is NC(N)=N/N=C/c1cc([N+](=O)[O-])ccc1OCc1ccc(Cl)cc1. The van der Waals surface area contributed by atoms with Crippen molar-refractivity contribution >= 4 is 29.5 Å². The zero-order chi connectivity index (χ0) is 17.5. The third kappa shape index (κ3) is 4.96. The van der Waals surface area contributed by atoms with Gasteiger partial charge in [0.15, 0.2) is 0 Å². The van der Waals surface area contributed by atoms with Crippen molar-refractivity contribution in [3.8, 4) is 5.75 Å². The van der Waals surface area contributed by atoms with Crippen LogP contribution < -0.4 is 16.2 Å².